The highest BCUT2D eigenvalue weighted by atomic mass is 16.6. The lowest BCUT2D eigenvalue weighted by Gasteiger charge is -2.33. The number of carbonyl (C=O) groups is 3. The van der Waals surface area contributed by atoms with Crippen LogP contribution in [0.4, 0.5) is 4.79 Å². The first-order valence-corrected chi connectivity index (χ1v) is 18.7. The Kier molecular flexibility index (Phi) is 13.3. The minimum Gasteiger partial charge on any atom is -0.493 e. The van der Waals surface area contributed by atoms with E-state index < -0.39 is 41.8 Å². The number of amides is 2. The van der Waals surface area contributed by atoms with Gasteiger partial charge in [0.2, 0.25) is 5.91 Å². The molecule has 290 valence electrons. The second-order valence-corrected chi connectivity index (χ2v) is 13.5. The van der Waals surface area contributed by atoms with Crippen molar-refractivity contribution in [2.75, 3.05) is 34.5 Å². The van der Waals surface area contributed by atoms with Gasteiger partial charge in [-0.3, -0.25) is 9.59 Å². The van der Waals surface area contributed by atoms with Crippen LogP contribution in [0.1, 0.15) is 40.7 Å². The van der Waals surface area contributed by atoms with Crippen LogP contribution in [0.15, 0.2) is 127 Å². The Morgan fingerprint density at radius 1 is 0.661 bits per heavy atom. The van der Waals surface area contributed by atoms with E-state index in [0.717, 1.165) is 16.7 Å². The molecule has 1 fully saturated rings. The van der Waals surface area contributed by atoms with E-state index >= 15 is 4.79 Å². The molecule has 0 N–H and O–H groups in total. The normalized spacial score (nSPS) is 14.8. The van der Waals surface area contributed by atoms with Gasteiger partial charge in [-0.25, -0.2) is 9.69 Å². The lowest BCUT2D eigenvalue weighted by molar-refractivity contribution is -0.154. The number of hydrogen-bond acceptors (Lipinski definition) is 9. The van der Waals surface area contributed by atoms with Crippen molar-refractivity contribution in [3.63, 3.8) is 0 Å². The highest BCUT2D eigenvalue weighted by molar-refractivity contribution is 5.97. The number of rotatable bonds is 17. The molecule has 0 saturated carbocycles. The number of hydrogen-bond donors (Lipinski definition) is 0. The molecule has 0 radical (unpaired) electrons. The fourth-order valence-corrected chi connectivity index (χ4v) is 7.32. The number of nitrogens with zero attached hydrogens (tertiary/aromatic N) is 1. The molecule has 3 atom stereocenters. The van der Waals surface area contributed by atoms with Gasteiger partial charge in [0.05, 0.1) is 45.8 Å². The number of carbonyl (C=O) groups excluding carboxylic acids is 3. The Morgan fingerprint density at radius 2 is 1.18 bits per heavy atom. The standard InChI is InChI=1S/C46H47NO9/c1-5-54-45(49)37(26-33-21-23-39(51-2)41(27-33)52-3)36(25-32-22-24-40(42(28-32)53-4)55-29-31-15-9-6-10-16-31)44(48)47-38(30-56-46(47)50)43(34-17-11-7-12-18-34)35-19-13-8-14-20-35/h6-24,27-28,36-38,43H,5,25-26,29-30H2,1-4H3/t36-,37-,38+/m1/s1. The molecule has 5 aromatic carbocycles. The lowest BCUT2D eigenvalue weighted by Crippen LogP contribution is -2.49. The van der Waals surface area contributed by atoms with Gasteiger partial charge in [-0.2, -0.15) is 0 Å². The Morgan fingerprint density at radius 3 is 1.73 bits per heavy atom. The van der Waals surface area contributed by atoms with Gasteiger partial charge in [-0.15, -0.1) is 0 Å². The van der Waals surface area contributed by atoms with Crippen LogP contribution in [0.5, 0.6) is 23.0 Å². The zero-order valence-corrected chi connectivity index (χ0v) is 32.1. The third kappa shape index (κ3) is 9.14. The summed E-state index contributed by atoms with van der Waals surface area (Å²) in [6.45, 7) is 2.13. The van der Waals surface area contributed by atoms with E-state index in [2.05, 4.69) is 0 Å². The number of methoxy groups -OCH3 is 3. The molecule has 1 aliphatic heterocycles. The molecular weight excluding hydrogens is 711 g/mol. The van der Waals surface area contributed by atoms with Crippen LogP contribution in [-0.4, -0.2) is 63.5 Å². The van der Waals surface area contributed by atoms with Crippen LogP contribution in [0, 0.1) is 11.8 Å². The van der Waals surface area contributed by atoms with Crippen molar-refractivity contribution in [3.05, 3.63) is 155 Å². The predicted octanol–water partition coefficient (Wildman–Crippen LogP) is 8.05. The summed E-state index contributed by atoms with van der Waals surface area (Å²) >= 11 is 0. The quantitative estimate of drug-likeness (QED) is 0.0871. The SMILES string of the molecule is CCOC(=O)[C@H](Cc1ccc(OC)c(OC)c1)[C@@H](Cc1ccc(OCc2ccccc2)c(OC)c1)C(=O)N1C(=O)OC[C@H]1C(c1ccccc1)c1ccccc1. The van der Waals surface area contributed by atoms with Crippen molar-refractivity contribution in [3.8, 4) is 23.0 Å². The van der Waals surface area contributed by atoms with E-state index in [-0.39, 0.29) is 26.1 Å². The summed E-state index contributed by atoms with van der Waals surface area (Å²) in [6.07, 6.45) is -0.583. The van der Waals surface area contributed by atoms with Gasteiger partial charge in [0.1, 0.15) is 13.2 Å². The minimum atomic E-state index is -1.07. The maximum absolute atomic E-state index is 15.3. The molecule has 0 aliphatic carbocycles. The molecule has 1 aliphatic rings. The van der Waals surface area contributed by atoms with Crippen LogP contribution >= 0.6 is 0 Å². The van der Waals surface area contributed by atoms with Crippen molar-refractivity contribution in [2.24, 2.45) is 11.8 Å². The lowest BCUT2D eigenvalue weighted by atomic mass is 9.80. The second-order valence-electron chi connectivity index (χ2n) is 13.5. The van der Waals surface area contributed by atoms with Crippen molar-refractivity contribution in [2.45, 2.75) is 38.3 Å². The fourth-order valence-electron chi connectivity index (χ4n) is 7.32. The van der Waals surface area contributed by atoms with Gasteiger partial charge in [-0.1, -0.05) is 103 Å². The molecule has 10 nitrogen and oxygen atoms in total. The zero-order valence-electron chi connectivity index (χ0n) is 32.1. The summed E-state index contributed by atoms with van der Waals surface area (Å²) in [4.78, 5) is 44.4. The van der Waals surface area contributed by atoms with Gasteiger partial charge in [0.15, 0.2) is 23.0 Å². The first kappa shape index (κ1) is 39.4. The first-order valence-electron chi connectivity index (χ1n) is 18.7. The predicted molar refractivity (Wildman–Crippen MR) is 211 cm³/mol. The van der Waals surface area contributed by atoms with Gasteiger partial charge in [0.25, 0.3) is 0 Å². The molecule has 0 bridgehead atoms. The fraction of sp³-hybridized carbons (Fsp3) is 0.283. The van der Waals surface area contributed by atoms with Crippen LogP contribution in [0.3, 0.4) is 0 Å². The number of cyclic esters (lactones) is 1. The molecule has 2 amide bonds. The highest BCUT2D eigenvalue weighted by Crippen LogP contribution is 2.38. The van der Waals surface area contributed by atoms with Gasteiger partial charge in [-0.05, 0) is 71.8 Å². The summed E-state index contributed by atoms with van der Waals surface area (Å²) in [5.41, 5.74) is 4.24. The van der Waals surface area contributed by atoms with Crippen molar-refractivity contribution >= 4 is 18.0 Å². The van der Waals surface area contributed by atoms with Crippen LogP contribution in [0.25, 0.3) is 0 Å². The van der Waals surface area contributed by atoms with E-state index in [9.17, 15) is 9.59 Å². The first-order chi connectivity index (χ1) is 27.3. The number of imide groups is 1. The Labute approximate surface area is 327 Å². The summed E-state index contributed by atoms with van der Waals surface area (Å²) in [7, 11) is 4.63. The molecule has 5 aromatic rings. The molecule has 0 aromatic heterocycles. The number of esters is 1. The maximum Gasteiger partial charge on any atom is 0.417 e. The van der Waals surface area contributed by atoms with Gasteiger partial charge >= 0.3 is 12.1 Å². The average Bonchev–Trinajstić information content (AvgIpc) is 3.62. The number of benzene rings is 5. The molecule has 56 heavy (non-hydrogen) atoms. The smallest absolute Gasteiger partial charge is 0.417 e. The van der Waals surface area contributed by atoms with E-state index in [0.29, 0.717) is 40.7 Å². The van der Waals surface area contributed by atoms with E-state index in [1.165, 1.54) is 12.0 Å². The zero-order chi connectivity index (χ0) is 39.4. The Hall–Kier alpha value is -6.29. The summed E-state index contributed by atoms with van der Waals surface area (Å²) in [5.74, 6) is -1.61. The average molecular weight is 758 g/mol. The molecule has 0 spiro atoms. The highest BCUT2D eigenvalue weighted by Gasteiger charge is 2.48. The molecule has 1 heterocycles. The van der Waals surface area contributed by atoms with Crippen LogP contribution in [-0.2, 0) is 38.5 Å². The Bertz CT molecular complexity index is 2030. The van der Waals surface area contributed by atoms with E-state index in [4.69, 9.17) is 28.4 Å². The van der Waals surface area contributed by atoms with E-state index in [1.54, 1.807) is 45.4 Å². The molecule has 1 saturated heterocycles. The minimum absolute atomic E-state index is 0.0211. The topological polar surface area (TPSA) is 110 Å². The molecule has 6 rings (SSSR count). The van der Waals surface area contributed by atoms with E-state index in [1.807, 2.05) is 103 Å². The molecular formula is C46H47NO9. The third-order valence-electron chi connectivity index (χ3n) is 10.1. The molecule has 10 heteroatoms. The monoisotopic (exact) mass is 757 g/mol. The van der Waals surface area contributed by atoms with Gasteiger partial charge < -0.3 is 28.4 Å². The van der Waals surface area contributed by atoms with Gasteiger partial charge in [0, 0.05) is 5.92 Å². The second kappa shape index (κ2) is 18.8. The largest absolute Gasteiger partial charge is 0.493 e. The van der Waals surface area contributed by atoms with Crippen molar-refractivity contribution < 1.29 is 42.8 Å². The number of ether oxygens (including phenoxy) is 6. The van der Waals surface area contributed by atoms with Crippen molar-refractivity contribution in [1.82, 2.24) is 4.90 Å². The summed E-state index contributed by atoms with van der Waals surface area (Å²) in [6, 6.07) is 39.4. The summed E-state index contributed by atoms with van der Waals surface area (Å²) < 4.78 is 34.3. The third-order valence-corrected chi connectivity index (χ3v) is 10.1. The summed E-state index contributed by atoms with van der Waals surface area (Å²) in [5, 5.41) is 0. The Balaban J connectivity index is 1.42. The van der Waals surface area contributed by atoms with Crippen LogP contribution in [0.2, 0.25) is 0 Å². The molecule has 0 unspecified atom stereocenters. The van der Waals surface area contributed by atoms with Crippen molar-refractivity contribution in [1.29, 1.82) is 0 Å². The van der Waals surface area contributed by atoms with Crippen LogP contribution < -0.4 is 18.9 Å². The maximum atomic E-state index is 15.3.